The van der Waals surface area contributed by atoms with Crippen molar-refractivity contribution in [3.8, 4) is 11.5 Å². The van der Waals surface area contributed by atoms with Gasteiger partial charge in [-0.05, 0) is 41.9 Å². The van der Waals surface area contributed by atoms with E-state index in [0.717, 1.165) is 41.0 Å². The molecule has 4 nitrogen and oxygen atoms in total. The average Bonchev–Trinajstić information content (AvgIpc) is 2.97. The SMILES string of the molecule is COc1ccccc1C(=C1CC[C@H](CC(=O)O)C1(C)C)c1ccccc1OC. The summed E-state index contributed by atoms with van der Waals surface area (Å²) in [6, 6.07) is 16.0. The first-order valence-corrected chi connectivity index (χ1v) is 9.62. The minimum atomic E-state index is -0.740. The Kier molecular flexibility index (Phi) is 5.78. The molecule has 3 rings (SSSR count). The fraction of sp³-hybridized carbons (Fsp3) is 0.375. The molecule has 4 heteroatoms. The van der Waals surface area contributed by atoms with Crippen molar-refractivity contribution in [1.29, 1.82) is 0 Å². The van der Waals surface area contributed by atoms with Gasteiger partial charge in [0, 0.05) is 17.5 Å². The van der Waals surface area contributed by atoms with Crippen molar-refractivity contribution in [3.63, 3.8) is 0 Å². The molecule has 0 heterocycles. The number of hydrogen-bond donors (Lipinski definition) is 1. The predicted molar refractivity (Wildman–Crippen MR) is 111 cm³/mol. The third-order valence-electron chi connectivity index (χ3n) is 6.02. The van der Waals surface area contributed by atoms with E-state index in [1.165, 1.54) is 5.57 Å². The Balaban J connectivity index is 2.28. The Morgan fingerprint density at radius 1 is 1.00 bits per heavy atom. The molecule has 0 aliphatic heterocycles. The Morgan fingerprint density at radius 3 is 1.96 bits per heavy atom. The first-order chi connectivity index (χ1) is 13.4. The number of ether oxygens (including phenoxy) is 2. The number of rotatable bonds is 6. The van der Waals surface area contributed by atoms with Crippen molar-refractivity contribution in [1.82, 2.24) is 0 Å². The minimum Gasteiger partial charge on any atom is -0.496 e. The van der Waals surface area contributed by atoms with E-state index in [9.17, 15) is 9.90 Å². The number of allylic oxidation sites excluding steroid dienone is 1. The Morgan fingerprint density at radius 2 is 1.50 bits per heavy atom. The molecule has 0 radical (unpaired) electrons. The molecule has 148 valence electrons. The topological polar surface area (TPSA) is 55.8 Å². The lowest BCUT2D eigenvalue weighted by molar-refractivity contribution is -0.138. The van der Waals surface area contributed by atoms with Gasteiger partial charge in [-0.1, -0.05) is 55.8 Å². The summed E-state index contributed by atoms with van der Waals surface area (Å²) in [6.07, 6.45) is 1.90. The number of carbonyl (C=O) groups is 1. The monoisotopic (exact) mass is 380 g/mol. The van der Waals surface area contributed by atoms with Gasteiger partial charge in [0.2, 0.25) is 0 Å². The second-order valence-electron chi connectivity index (χ2n) is 7.81. The van der Waals surface area contributed by atoms with Gasteiger partial charge in [-0.15, -0.1) is 0 Å². The van der Waals surface area contributed by atoms with E-state index in [4.69, 9.17) is 9.47 Å². The van der Waals surface area contributed by atoms with Crippen LogP contribution >= 0.6 is 0 Å². The zero-order valence-electron chi connectivity index (χ0n) is 17.0. The molecule has 0 unspecified atom stereocenters. The van der Waals surface area contributed by atoms with Crippen molar-refractivity contribution in [2.75, 3.05) is 14.2 Å². The van der Waals surface area contributed by atoms with Crippen LogP contribution in [-0.4, -0.2) is 25.3 Å². The molecule has 1 aliphatic carbocycles. The Labute approximate surface area is 166 Å². The highest BCUT2D eigenvalue weighted by Gasteiger charge is 2.42. The summed E-state index contributed by atoms with van der Waals surface area (Å²) in [6.45, 7) is 4.32. The molecule has 28 heavy (non-hydrogen) atoms. The summed E-state index contributed by atoms with van der Waals surface area (Å²) < 4.78 is 11.3. The predicted octanol–water partition coefficient (Wildman–Crippen LogP) is 5.42. The molecule has 0 spiro atoms. The van der Waals surface area contributed by atoms with Crippen LogP contribution in [0.3, 0.4) is 0 Å². The number of methoxy groups -OCH3 is 2. The molecule has 2 aromatic rings. The standard InChI is InChI=1S/C24H28O4/c1-24(2)16(15-22(25)26)13-14-19(24)23(17-9-5-7-11-20(17)27-3)18-10-6-8-12-21(18)28-4/h5-12,16H,13-15H2,1-4H3,(H,25,26)/t16-/m1/s1. The zero-order valence-corrected chi connectivity index (χ0v) is 17.0. The molecule has 1 fully saturated rings. The van der Waals surface area contributed by atoms with Crippen molar-refractivity contribution in [2.24, 2.45) is 11.3 Å². The van der Waals surface area contributed by atoms with Gasteiger partial charge >= 0.3 is 5.97 Å². The highest BCUT2D eigenvalue weighted by atomic mass is 16.5. The Hall–Kier alpha value is -2.75. The maximum absolute atomic E-state index is 11.4. The summed E-state index contributed by atoms with van der Waals surface area (Å²) >= 11 is 0. The second kappa shape index (κ2) is 8.09. The molecule has 0 bridgehead atoms. The minimum absolute atomic E-state index is 0.0967. The summed E-state index contributed by atoms with van der Waals surface area (Å²) in [5.74, 6) is 0.955. The largest absolute Gasteiger partial charge is 0.496 e. The van der Waals surface area contributed by atoms with Crippen molar-refractivity contribution in [3.05, 3.63) is 65.2 Å². The highest BCUT2D eigenvalue weighted by Crippen LogP contribution is 2.54. The fourth-order valence-electron chi connectivity index (χ4n) is 4.44. The van der Waals surface area contributed by atoms with E-state index >= 15 is 0 Å². The summed E-state index contributed by atoms with van der Waals surface area (Å²) in [5, 5.41) is 9.37. The maximum Gasteiger partial charge on any atom is 0.303 e. The van der Waals surface area contributed by atoms with E-state index < -0.39 is 5.97 Å². The fourth-order valence-corrected chi connectivity index (χ4v) is 4.44. The maximum atomic E-state index is 11.4. The van der Waals surface area contributed by atoms with Crippen LogP contribution in [-0.2, 0) is 4.79 Å². The van der Waals surface area contributed by atoms with E-state index in [1.54, 1.807) is 14.2 Å². The molecule has 0 saturated heterocycles. The van der Waals surface area contributed by atoms with Crippen LogP contribution in [0.5, 0.6) is 11.5 Å². The van der Waals surface area contributed by atoms with E-state index in [1.807, 2.05) is 36.4 Å². The van der Waals surface area contributed by atoms with E-state index in [0.29, 0.717) is 0 Å². The molecule has 0 aromatic heterocycles. The van der Waals surface area contributed by atoms with Gasteiger partial charge in [0.15, 0.2) is 0 Å². The van der Waals surface area contributed by atoms with Crippen LogP contribution in [0.1, 0.15) is 44.2 Å². The van der Waals surface area contributed by atoms with Crippen molar-refractivity contribution < 1.29 is 19.4 Å². The number of para-hydroxylation sites is 2. The zero-order chi connectivity index (χ0) is 20.3. The molecule has 1 aliphatic rings. The number of carboxylic acids is 1. The number of aliphatic carboxylic acids is 1. The van der Waals surface area contributed by atoms with Gasteiger partial charge in [0.1, 0.15) is 11.5 Å². The van der Waals surface area contributed by atoms with Crippen molar-refractivity contribution >= 4 is 11.5 Å². The lowest BCUT2D eigenvalue weighted by atomic mass is 9.74. The third kappa shape index (κ3) is 3.64. The van der Waals surface area contributed by atoms with Gasteiger partial charge in [0.25, 0.3) is 0 Å². The van der Waals surface area contributed by atoms with E-state index in [-0.39, 0.29) is 17.8 Å². The Bertz CT molecular complexity index is 845. The normalized spacial score (nSPS) is 18.0. The molecule has 0 amide bonds. The molecular weight excluding hydrogens is 352 g/mol. The van der Waals surface area contributed by atoms with Crippen LogP contribution in [0.2, 0.25) is 0 Å². The van der Waals surface area contributed by atoms with Crippen LogP contribution in [0.25, 0.3) is 5.57 Å². The highest BCUT2D eigenvalue weighted by molar-refractivity contribution is 5.88. The van der Waals surface area contributed by atoms with Crippen LogP contribution in [0, 0.1) is 11.3 Å². The van der Waals surface area contributed by atoms with Gasteiger partial charge in [0.05, 0.1) is 14.2 Å². The van der Waals surface area contributed by atoms with Crippen LogP contribution in [0.4, 0.5) is 0 Å². The lowest BCUT2D eigenvalue weighted by Gasteiger charge is -2.31. The van der Waals surface area contributed by atoms with Gasteiger partial charge < -0.3 is 14.6 Å². The first kappa shape index (κ1) is 20.0. The summed E-state index contributed by atoms with van der Waals surface area (Å²) in [7, 11) is 3.35. The first-order valence-electron chi connectivity index (χ1n) is 9.62. The summed E-state index contributed by atoms with van der Waals surface area (Å²) in [4.78, 5) is 11.4. The summed E-state index contributed by atoms with van der Waals surface area (Å²) in [5.41, 5.74) is 4.12. The quantitative estimate of drug-likeness (QED) is 0.727. The molecular formula is C24H28O4. The molecule has 1 atom stereocenters. The van der Waals surface area contributed by atoms with Crippen LogP contribution in [0.15, 0.2) is 54.1 Å². The van der Waals surface area contributed by atoms with E-state index in [2.05, 4.69) is 26.0 Å². The third-order valence-corrected chi connectivity index (χ3v) is 6.02. The van der Waals surface area contributed by atoms with Crippen LogP contribution < -0.4 is 9.47 Å². The number of hydrogen-bond acceptors (Lipinski definition) is 3. The van der Waals surface area contributed by atoms with Gasteiger partial charge in [-0.25, -0.2) is 0 Å². The number of benzene rings is 2. The smallest absolute Gasteiger partial charge is 0.303 e. The van der Waals surface area contributed by atoms with Gasteiger partial charge in [-0.3, -0.25) is 4.79 Å². The molecule has 2 aromatic carbocycles. The molecule has 1 saturated carbocycles. The van der Waals surface area contributed by atoms with Gasteiger partial charge in [-0.2, -0.15) is 0 Å². The average molecular weight is 380 g/mol. The molecule has 1 N–H and O–H groups in total. The number of carboxylic acid groups (broad SMARTS) is 1. The second-order valence-corrected chi connectivity index (χ2v) is 7.81. The lowest BCUT2D eigenvalue weighted by Crippen LogP contribution is -2.23. The van der Waals surface area contributed by atoms with Crippen molar-refractivity contribution in [2.45, 2.75) is 33.1 Å².